The van der Waals surface area contributed by atoms with Crippen molar-refractivity contribution in [3.8, 4) is 0 Å². The van der Waals surface area contributed by atoms with Gasteiger partial charge in [0.15, 0.2) is 6.10 Å². The number of halogens is 1. The number of nitrogens with zero attached hydrogens (tertiary/aromatic N) is 1. The van der Waals surface area contributed by atoms with Crippen LogP contribution in [-0.4, -0.2) is 38.6 Å². The van der Waals surface area contributed by atoms with Gasteiger partial charge >= 0.3 is 5.97 Å². The summed E-state index contributed by atoms with van der Waals surface area (Å²) < 4.78 is 43.3. The molecule has 2 aromatic carbocycles. The van der Waals surface area contributed by atoms with Crippen molar-refractivity contribution in [3.63, 3.8) is 0 Å². The number of anilines is 1. The van der Waals surface area contributed by atoms with Gasteiger partial charge in [0.25, 0.3) is 0 Å². The van der Waals surface area contributed by atoms with Gasteiger partial charge in [-0.05, 0) is 61.9 Å². The molecule has 0 N–H and O–H groups in total. The fourth-order valence-electron chi connectivity index (χ4n) is 2.82. The maximum atomic E-state index is 12.9. The van der Waals surface area contributed by atoms with Crippen LogP contribution in [0, 0.1) is 5.82 Å². The summed E-state index contributed by atoms with van der Waals surface area (Å²) in [6, 6.07) is 11.0. The number of carbonyl (C=O) groups excluding carboxylic acids is 2. The minimum atomic E-state index is -3.29. The molecular weight excluding hydrogens is 373 g/mol. The van der Waals surface area contributed by atoms with Crippen LogP contribution in [0.3, 0.4) is 0 Å². The Labute approximate surface area is 156 Å². The number of Topliss-reactive ketones (excluding diaryl/α,β-unsaturated/α-hetero) is 1. The molecule has 1 heterocycles. The molecule has 1 atom stereocenters. The van der Waals surface area contributed by atoms with Crippen molar-refractivity contribution in [1.82, 2.24) is 0 Å². The highest BCUT2D eigenvalue weighted by Crippen LogP contribution is 2.24. The monoisotopic (exact) mass is 391 g/mol. The first kappa shape index (κ1) is 19.0. The van der Waals surface area contributed by atoms with E-state index in [4.69, 9.17) is 4.74 Å². The van der Waals surface area contributed by atoms with Gasteiger partial charge in [-0.2, -0.15) is 0 Å². The minimum absolute atomic E-state index is 0.111. The van der Waals surface area contributed by atoms with Gasteiger partial charge in [-0.15, -0.1) is 0 Å². The number of rotatable bonds is 5. The van der Waals surface area contributed by atoms with E-state index < -0.39 is 33.7 Å². The summed E-state index contributed by atoms with van der Waals surface area (Å²) in [6.45, 7) is 1.85. The van der Waals surface area contributed by atoms with Crippen LogP contribution in [0.25, 0.3) is 0 Å². The van der Waals surface area contributed by atoms with Crippen molar-refractivity contribution in [2.24, 2.45) is 0 Å². The zero-order valence-electron chi connectivity index (χ0n) is 14.6. The molecule has 0 amide bonds. The molecule has 1 unspecified atom stereocenters. The molecule has 6 nitrogen and oxygen atoms in total. The second-order valence-electron chi connectivity index (χ2n) is 6.21. The molecule has 3 rings (SSSR count). The number of sulfonamides is 1. The van der Waals surface area contributed by atoms with Gasteiger partial charge in [0, 0.05) is 12.1 Å². The van der Waals surface area contributed by atoms with Crippen molar-refractivity contribution in [3.05, 3.63) is 65.5 Å². The summed E-state index contributed by atoms with van der Waals surface area (Å²) in [4.78, 5) is 24.5. The molecule has 27 heavy (non-hydrogen) atoms. The van der Waals surface area contributed by atoms with Crippen molar-refractivity contribution in [1.29, 1.82) is 0 Å². The largest absolute Gasteiger partial charge is 0.451 e. The highest BCUT2D eigenvalue weighted by molar-refractivity contribution is 7.93. The molecule has 2 aromatic rings. The molecule has 0 saturated carbocycles. The van der Waals surface area contributed by atoms with E-state index in [1.165, 1.54) is 47.6 Å². The Bertz CT molecular complexity index is 955. The van der Waals surface area contributed by atoms with Crippen molar-refractivity contribution in [2.45, 2.75) is 19.4 Å². The lowest BCUT2D eigenvalue weighted by atomic mass is 10.1. The van der Waals surface area contributed by atoms with Crippen LogP contribution in [0.4, 0.5) is 10.1 Å². The molecule has 0 aromatic heterocycles. The minimum Gasteiger partial charge on any atom is -0.451 e. The highest BCUT2D eigenvalue weighted by Gasteiger charge is 2.28. The number of hydrogen-bond donors (Lipinski definition) is 0. The lowest BCUT2D eigenvalue weighted by molar-refractivity contribution is 0.0319. The summed E-state index contributed by atoms with van der Waals surface area (Å²) >= 11 is 0. The molecule has 1 fully saturated rings. The fourth-order valence-corrected chi connectivity index (χ4v) is 4.39. The topological polar surface area (TPSA) is 80.8 Å². The van der Waals surface area contributed by atoms with Crippen LogP contribution < -0.4 is 4.31 Å². The van der Waals surface area contributed by atoms with Gasteiger partial charge in [0.2, 0.25) is 15.8 Å². The molecule has 1 aliphatic rings. The average Bonchev–Trinajstić information content (AvgIpc) is 3.01. The third-order valence-electron chi connectivity index (χ3n) is 4.27. The molecule has 0 radical (unpaired) electrons. The Hall–Kier alpha value is -2.74. The Morgan fingerprint density at radius 1 is 1.04 bits per heavy atom. The molecule has 142 valence electrons. The van der Waals surface area contributed by atoms with Gasteiger partial charge in [0.05, 0.1) is 17.0 Å². The normalized spacial score (nSPS) is 16.7. The first-order chi connectivity index (χ1) is 12.8. The zero-order chi connectivity index (χ0) is 19.6. The summed E-state index contributed by atoms with van der Waals surface area (Å²) in [7, 11) is -3.29. The maximum Gasteiger partial charge on any atom is 0.338 e. The summed E-state index contributed by atoms with van der Waals surface area (Å²) in [6.07, 6.45) is -0.476. The summed E-state index contributed by atoms with van der Waals surface area (Å²) in [5.41, 5.74) is 0.930. The predicted molar refractivity (Wildman–Crippen MR) is 97.8 cm³/mol. The Morgan fingerprint density at radius 2 is 1.63 bits per heavy atom. The molecule has 0 bridgehead atoms. The molecule has 0 aliphatic carbocycles. The SMILES string of the molecule is CC(OC(=O)c1ccc(N2CCCS2(=O)=O)cc1)C(=O)c1ccc(F)cc1. The van der Waals surface area contributed by atoms with Crippen LogP contribution in [0.15, 0.2) is 48.5 Å². The van der Waals surface area contributed by atoms with Gasteiger partial charge in [-0.1, -0.05) is 0 Å². The predicted octanol–water partition coefficient (Wildman–Crippen LogP) is 2.79. The standard InChI is InChI=1S/C19H18FNO5S/c1-13(18(22)14-3-7-16(20)8-4-14)26-19(23)15-5-9-17(10-6-15)21-11-2-12-27(21,24)25/h3-10,13H,2,11-12H2,1H3. The Balaban J connectivity index is 1.67. The maximum absolute atomic E-state index is 12.9. The highest BCUT2D eigenvalue weighted by atomic mass is 32.2. The number of ketones is 1. The lowest BCUT2D eigenvalue weighted by Crippen LogP contribution is -2.25. The number of ether oxygens (including phenoxy) is 1. The van der Waals surface area contributed by atoms with Crippen LogP contribution in [0.5, 0.6) is 0 Å². The lowest BCUT2D eigenvalue weighted by Gasteiger charge is -2.17. The average molecular weight is 391 g/mol. The van der Waals surface area contributed by atoms with E-state index in [0.717, 1.165) is 12.1 Å². The third kappa shape index (κ3) is 4.16. The van der Waals surface area contributed by atoms with E-state index in [1.54, 1.807) is 0 Å². The second-order valence-corrected chi connectivity index (χ2v) is 8.22. The first-order valence-electron chi connectivity index (χ1n) is 8.39. The molecular formula is C19H18FNO5S. The van der Waals surface area contributed by atoms with E-state index >= 15 is 0 Å². The van der Waals surface area contributed by atoms with E-state index in [0.29, 0.717) is 18.7 Å². The smallest absolute Gasteiger partial charge is 0.338 e. The summed E-state index contributed by atoms with van der Waals surface area (Å²) in [5, 5.41) is 0. The van der Waals surface area contributed by atoms with Crippen LogP contribution in [-0.2, 0) is 14.8 Å². The third-order valence-corrected chi connectivity index (χ3v) is 6.14. The van der Waals surface area contributed by atoms with E-state index in [9.17, 15) is 22.4 Å². The molecule has 0 spiro atoms. The zero-order valence-corrected chi connectivity index (χ0v) is 15.4. The van der Waals surface area contributed by atoms with Gasteiger partial charge < -0.3 is 4.74 Å². The van der Waals surface area contributed by atoms with Crippen molar-refractivity contribution in [2.75, 3.05) is 16.6 Å². The van der Waals surface area contributed by atoms with Crippen molar-refractivity contribution < 1.29 is 27.1 Å². The first-order valence-corrected chi connectivity index (χ1v) is 10.00. The summed E-state index contributed by atoms with van der Waals surface area (Å²) in [5.74, 6) is -1.49. The van der Waals surface area contributed by atoms with E-state index in [-0.39, 0.29) is 16.9 Å². The van der Waals surface area contributed by atoms with Crippen LogP contribution in [0.2, 0.25) is 0 Å². The molecule has 8 heteroatoms. The van der Waals surface area contributed by atoms with E-state index in [2.05, 4.69) is 0 Å². The van der Waals surface area contributed by atoms with Gasteiger partial charge in [0.1, 0.15) is 5.82 Å². The van der Waals surface area contributed by atoms with E-state index in [1.807, 2.05) is 0 Å². The Kier molecular flexibility index (Phi) is 5.27. The van der Waals surface area contributed by atoms with Crippen LogP contribution >= 0.6 is 0 Å². The number of hydrogen-bond acceptors (Lipinski definition) is 5. The number of carbonyl (C=O) groups is 2. The number of benzene rings is 2. The number of esters is 1. The van der Waals surface area contributed by atoms with Crippen LogP contribution in [0.1, 0.15) is 34.1 Å². The molecule has 1 saturated heterocycles. The Morgan fingerprint density at radius 3 is 2.19 bits per heavy atom. The second kappa shape index (κ2) is 7.48. The molecule has 1 aliphatic heterocycles. The quantitative estimate of drug-likeness (QED) is 0.578. The van der Waals surface area contributed by atoms with Gasteiger partial charge in [-0.3, -0.25) is 9.10 Å². The fraction of sp³-hybridized carbons (Fsp3) is 0.263. The van der Waals surface area contributed by atoms with Crippen molar-refractivity contribution >= 4 is 27.5 Å². The van der Waals surface area contributed by atoms with Gasteiger partial charge in [-0.25, -0.2) is 17.6 Å².